The van der Waals surface area contributed by atoms with Crippen LogP contribution < -0.4 is 0 Å². The molecular weight excluding hydrogens is 74.1 g/mol. The van der Waals surface area contributed by atoms with Crippen molar-refractivity contribution in [1.29, 1.82) is 5.26 Å². The molecule has 0 spiro atoms. The van der Waals surface area contributed by atoms with E-state index in [0.717, 1.165) is 5.57 Å². The van der Waals surface area contributed by atoms with Gasteiger partial charge in [-0.05, 0) is 13.8 Å². The molecule has 0 aliphatic rings. The fourth-order valence-corrected chi connectivity index (χ4v) is 0.0645. The van der Waals surface area contributed by atoms with Gasteiger partial charge < -0.3 is 0 Å². The van der Waals surface area contributed by atoms with E-state index >= 15 is 0 Å². The smallest absolute Gasteiger partial charge is 0.0940 e. The number of nitrogens with zero attached hydrogens (tertiary/aromatic N) is 1. The molecule has 0 saturated heterocycles. The zero-order valence-electron chi connectivity index (χ0n) is 4.02. The minimum atomic E-state index is 0.773. The Morgan fingerprint density at radius 1 is 1.83 bits per heavy atom. The fourth-order valence-electron chi connectivity index (χ4n) is 0.0645. The van der Waals surface area contributed by atoms with Crippen molar-refractivity contribution in [3.8, 4) is 6.07 Å². The first-order valence-electron chi connectivity index (χ1n) is 1.84. The Balaban J connectivity index is 3.61. The van der Waals surface area contributed by atoms with Crippen LogP contribution in [0.3, 0.4) is 0 Å². The Labute approximate surface area is 37.9 Å². The van der Waals surface area contributed by atoms with E-state index in [1.807, 2.05) is 13.0 Å². The monoisotopic (exact) mass is 81.1 g/mol. The topological polar surface area (TPSA) is 23.8 Å². The van der Waals surface area contributed by atoms with Crippen molar-refractivity contribution >= 4 is 0 Å². The van der Waals surface area contributed by atoms with Gasteiger partial charge in [0.2, 0.25) is 0 Å². The molecule has 0 fully saturated rings. The molecule has 0 radical (unpaired) electrons. The van der Waals surface area contributed by atoms with E-state index < -0.39 is 0 Å². The van der Waals surface area contributed by atoms with E-state index in [1.165, 1.54) is 0 Å². The zero-order chi connectivity index (χ0) is 4.99. The van der Waals surface area contributed by atoms with Gasteiger partial charge in [0, 0.05) is 5.57 Å². The first-order valence-corrected chi connectivity index (χ1v) is 1.84. The molecule has 0 amide bonds. The third kappa shape index (κ3) is 1.54. The molecule has 1 heteroatoms. The lowest BCUT2D eigenvalue weighted by atomic mass is 10.3. The predicted octanol–water partition coefficient (Wildman–Crippen LogP) is 1.48. The summed E-state index contributed by atoms with van der Waals surface area (Å²) in [4.78, 5) is 0. The van der Waals surface area contributed by atoms with Gasteiger partial charge in [-0.25, -0.2) is 0 Å². The summed E-state index contributed by atoms with van der Waals surface area (Å²) in [7, 11) is 0. The zero-order valence-corrected chi connectivity index (χ0v) is 4.02. The average molecular weight is 81.1 g/mol. The van der Waals surface area contributed by atoms with E-state index in [-0.39, 0.29) is 0 Å². The highest BCUT2D eigenvalue weighted by molar-refractivity contribution is 5.15. The van der Waals surface area contributed by atoms with Gasteiger partial charge in [-0.1, -0.05) is 6.08 Å². The van der Waals surface area contributed by atoms with Crippen LogP contribution in [0, 0.1) is 11.3 Å². The van der Waals surface area contributed by atoms with Crippen molar-refractivity contribution < 1.29 is 0 Å². The van der Waals surface area contributed by atoms with Gasteiger partial charge >= 0.3 is 0 Å². The van der Waals surface area contributed by atoms with Crippen LogP contribution in [-0.4, -0.2) is 0 Å². The summed E-state index contributed by atoms with van der Waals surface area (Å²) >= 11 is 0. The molecule has 0 aromatic rings. The fraction of sp³-hybridized carbons (Fsp3) is 0.400. The highest BCUT2D eigenvalue weighted by Gasteiger charge is 1.71. The minimum absolute atomic E-state index is 0.773. The Morgan fingerprint density at radius 3 is 2.33 bits per heavy atom. The second-order valence-corrected chi connectivity index (χ2v) is 1.08. The molecule has 0 atom stereocenters. The maximum absolute atomic E-state index is 8.02. The summed E-state index contributed by atoms with van der Waals surface area (Å²) in [5.41, 5.74) is 0.773. The molecule has 0 rings (SSSR count). The maximum Gasteiger partial charge on any atom is 0.0940 e. The molecule has 0 N–H and O–H groups in total. The third-order valence-electron chi connectivity index (χ3n) is 0.609. The summed E-state index contributed by atoms with van der Waals surface area (Å²) < 4.78 is 0. The molecule has 0 aromatic heterocycles. The van der Waals surface area contributed by atoms with E-state index in [4.69, 9.17) is 5.26 Å². The average Bonchev–Trinajstić information content (AvgIpc) is 1.65. The molecule has 0 saturated carbocycles. The van der Waals surface area contributed by atoms with Crippen molar-refractivity contribution in [1.82, 2.24) is 0 Å². The molecule has 0 aliphatic heterocycles. The van der Waals surface area contributed by atoms with Gasteiger partial charge in [-0.2, -0.15) is 5.26 Å². The number of allylic oxidation sites excluding steroid dienone is 2. The summed E-state index contributed by atoms with van der Waals surface area (Å²) in [5, 5.41) is 8.02. The molecule has 0 bridgehead atoms. The molecule has 0 unspecified atom stereocenters. The van der Waals surface area contributed by atoms with E-state index in [2.05, 4.69) is 0 Å². The van der Waals surface area contributed by atoms with Crippen molar-refractivity contribution in [2.24, 2.45) is 0 Å². The second-order valence-electron chi connectivity index (χ2n) is 1.08. The predicted molar refractivity (Wildman–Crippen MR) is 25.0 cm³/mol. The van der Waals surface area contributed by atoms with Crippen LogP contribution in [0.2, 0.25) is 0 Å². The van der Waals surface area contributed by atoms with Crippen molar-refractivity contribution in [3.63, 3.8) is 0 Å². The highest BCUT2D eigenvalue weighted by Crippen LogP contribution is 1.83. The Morgan fingerprint density at radius 2 is 2.33 bits per heavy atom. The van der Waals surface area contributed by atoms with E-state index in [0.29, 0.717) is 0 Å². The Kier molecular flexibility index (Phi) is 2.15. The summed E-state index contributed by atoms with van der Waals surface area (Å²) in [6.07, 6.45) is 1.78. The molecule has 0 aromatic carbocycles. The van der Waals surface area contributed by atoms with Crippen LogP contribution >= 0.6 is 0 Å². The van der Waals surface area contributed by atoms with Crippen LogP contribution in [0.15, 0.2) is 11.6 Å². The molecule has 32 valence electrons. The lowest BCUT2D eigenvalue weighted by molar-refractivity contribution is 1.42. The molecule has 0 aliphatic carbocycles. The standard InChI is InChI=1S/C5H7N/c1-3-5(2)4-6/h3H,1-2H3/b5-3+. The summed E-state index contributed by atoms with van der Waals surface area (Å²) in [6.45, 7) is 3.62. The van der Waals surface area contributed by atoms with Gasteiger partial charge in [-0.3, -0.25) is 0 Å². The number of hydrogen-bond acceptors (Lipinski definition) is 1. The van der Waals surface area contributed by atoms with Gasteiger partial charge in [0.1, 0.15) is 0 Å². The van der Waals surface area contributed by atoms with Crippen molar-refractivity contribution in [2.75, 3.05) is 0 Å². The van der Waals surface area contributed by atoms with Gasteiger partial charge in [0.05, 0.1) is 6.07 Å². The summed E-state index contributed by atoms with van der Waals surface area (Å²) in [5.74, 6) is 0. The minimum Gasteiger partial charge on any atom is -0.193 e. The highest BCUT2D eigenvalue weighted by atomic mass is 14.2. The van der Waals surface area contributed by atoms with Crippen molar-refractivity contribution in [3.05, 3.63) is 11.6 Å². The number of rotatable bonds is 0. The van der Waals surface area contributed by atoms with Crippen LogP contribution in [0.4, 0.5) is 0 Å². The van der Waals surface area contributed by atoms with Gasteiger partial charge in [0.25, 0.3) is 0 Å². The quantitative estimate of drug-likeness (QED) is 0.405. The van der Waals surface area contributed by atoms with Crippen LogP contribution in [0.25, 0.3) is 0 Å². The van der Waals surface area contributed by atoms with Gasteiger partial charge in [0.15, 0.2) is 0 Å². The largest absolute Gasteiger partial charge is 0.193 e. The molecule has 0 heterocycles. The first kappa shape index (κ1) is 5.23. The Hall–Kier alpha value is -0.770. The third-order valence-corrected chi connectivity index (χ3v) is 0.609. The van der Waals surface area contributed by atoms with E-state index in [1.54, 1.807) is 13.0 Å². The first-order chi connectivity index (χ1) is 2.81. The number of nitriles is 1. The molecular formula is C5H7N. The lowest BCUT2D eigenvalue weighted by Crippen LogP contribution is -1.58. The summed E-state index contributed by atoms with van der Waals surface area (Å²) in [6, 6.07) is 1.98. The SMILES string of the molecule is C/C=C(\C)C#N. The normalized spacial score (nSPS) is 10.5. The van der Waals surface area contributed by atoms with E-state index in [9.17, 15) is 0 Å². The van der Waals surface area contributed by atoms with Gasteiger partial charge in [-0.15, -0.1) is 0 Å². The molecule has 6 heavy (non-hydrogen) atoms. The van der Waals surface area contributed by atoms with Crippen LogP contribution in [0.1, 0.15) is 13.8 Å². The number of hydrogen-bond donors (Lipinski definition) is 0. The second kappa shape index (κ2) is 2.47. The maximum atomic E-state index is 8.02. The van der Waals surface area contributed by atoms with Crippen molar-refractivity contribution in [2.45, 2.75) is 13.8 Å². The Bertz CT molecular complexity index is 95.0. The van der Waals surface area contributed by atoms with Crippen LogP contribution in [0.5, 0.6) is 0 Å². The molecule has 1 nitrogen and oxygen atoms in total. The van der Waals surface area contributed by atoms with Crippen LogP contribution in [-0.2, 0) is 0 Å². The lowest BCUT2D eigenvalue weighted by Gasteiger charge is -1.70.